The summed E-state index contributed by atoms with van der Waals surface area (Å²) < 4.78 is 0. The average molecular weight is 471 g/mol. The lowest BCUT2D eigenvalue weighted by molar-refractivity contribution is 0.459. The molecule has 1 saturated carbocycles. The van der Waals surface area contributed by atoms with Crippen LogP contribution in [0.3, 0.4) is 0 Å². The second-order valence-electron chi connectivity index (χ2n) is 7.39. The van der Waals surface area contributed by atoms with Gasteiger partial charge in [-0.2, -0.15) is 0 Å². The molecule has 1 aromatic rings. The standard InChI is InChI=1S/C20H33N5.HI/c1-3-21-20(22-13-5-7-17-9-10-17)24-18-11-14-25(15-12-18)19-8-4-6-16(2)23-19;/h4,6,8,17-18H,3,5,7,9-15H2,1-2H3,(H2,21,22,24);1H. The van der Waals surface area contributed by atoms with Crippen molar-refractivity contribution in [1.29, 1.82) is 0 Å². The quantitative estimate of drug-likeness (QED) is 0.276. The van der Waals surface area contributed by atoms with E-state index in [1.165, 1.54) is 25.7 Å². The third-order valence-corrected chi connectivity index (χ3v) is 5.11. The first-order chi connectivity index (χ1) is 12.2. The smallest absolute Gasteiger partial charge is 0.191 e. The summed E-state index contributed by atoms with van der Waals surface area (Å²) in [6.07, 6.45) is 7.71. The summed E-state index contributed by atoms with van der Waals surface area (Å²) in [5, 5.41) is 7.03. The van der Waals surface area contributed by atoms with Crippen LogP contribution in [0.25, 0.3) is 0 Å². The van der Waals surface area contributed by atoms with E-state index in [4.69, 9.17) is 4.99 Å². The molecule has 1 aromatic heterocycles. The van der Waals surface area contributed by atoms with E-state index in [2.05, 4.69) is 52.6 Å². The first-order valence-corrected chi connectivity index (χ1v) is 9.98. The van der Waals surface area contributed by atoms with E-state index in [1.54, 1.807) is 0 Å². The van der Waals surface area contributed by atoms with Gasteiger partial charge >= 0.3 is 0 Å². The van der Waals surface area contributed by atoms with Crippen molar-refractivity contribution in [3.8, 4) is 0 Å². The van der Waals surface area contributed by atoms with Crippen molar-refractivity contribution in [2.75, 3.05) is 31.1 Å². The molecule has 1 aliphatic heterocycles. The first-order valence-electron chi connectivity index (χ1n) is 9.98. The fraction of sp³-hybridized carbons (Fsp3) is 0.700. The highest BCUT2D eigenvalue weighted by Gasteiger charge is 2.21. The van der Waals surface area contributed by atoms with Gasteiger partial charge in [0.15, 0.2) is 5.96 Å². The van der Waals surface area contributed by atoms with E-state index in [0.717, 1.165) is 62.4 Å². The number of hydrogen-bond donors (Lipinski definition) is 2. The highest BCUT2D eigenvalue weighted by atomic mass is 127. The van der Waals surface area contributed by atoms with Gasteiger partial charge in [0.2, 0.25) is 0 Å². The maximum Gasteiger partial charge on any atom is 0.191 e. The molecule has 0 unspecified atom stereocenters. The molecule has 2 heterocycles. The van der Waals surface area contributed by atoms with Gasteiger partial charge in [-0.15, -0.1) is 24.0 Å². The minimum atomic E-state index is 0. The largest absolute Gasteiger partial charge is 0.357 e. The normalized spacial score (nSPS) is 18.4. The number of aromatic nitrogens is 1. The van der Waals surface area contributed by atoms with Gasteiger partial charge in [0.1, 0.15) is 5.82 Å². The van der Waals surface area contributed by atoms with Crippen LogP contribution in [0.4, 0.5) is 5.82 Å². The molecule has 2 fully saturated rings. The number of anilines is 1. The zero-order valence-corrected chi connectivity index (χ0v) is 18.5. The maximum atomic E-state index is 4.76. The predicted molar refractivity (Wildman–Crippen MR) is 121 cm³/mol. The molecule has 0 spiro atoms. The predicted octanol–water partition coefficient (Wildman–Crippen LogP) is 3.72. The molecule has 0 radical (unpaired) electrons. The van der Waals surface area contributed by atoms with Gasteiger partial charge in [0, 0.05) is 37.9 Å². The van der Waals surface area contributed by atoms with Crippen molar-refractivity contribution in [3.05, 3.63) is 23.9 Å². The van der Waals surface area contributed by atoms with Gasteiger partial charge in [-0.3, -0.25) is 4.99 Å². The molecule has 1 aliphatic carbocycles. The summed E-state index contributed by atoms with van der Waals surface area (Å²) in [6.45, 7) is 8.15. The second-order valence-corrected chi connectivity index (χ2v) is 7.39. The Bertz CT molecular complexity index is 565. The number of guanidine groups is 1. The Balaban J connectivity index is 0.00000243. The van der Waals surface area contributed by atoms with E-state index in [0.29, 0.717) is 6.04 Å². The fourth-order valence-electron chi connectivity index (χ4n) is 3.45. The van der Waals surface area contributed by atoms with Gasteiger partial charge in [-0.05, 0) is 57.6 Å². The lowest BCUT2D eigenvalue weighted by atomic mass is 10.1. The topological polar surface area (TPSA) is 52.6 Å². The SMILES string of the molecule is CCNC(=NCCCC1CC1)NC1CCN(c2cccc(C)n2)CC1.I. The molecule has 5 nitrogen and oxygen atoms in total. The minimum Gasteiger partial charge on any atom is -0.357 e. The molecule has 2 aliphatic rings. The molecule has 0 aromatic carbocycles. The molecule has 0 bridgehead atoms. The van der Waals surface area contributed by atoms with E-state index < -0.39 is 0 Å². The Labute approximate surface area is 175 Å². The second kappa shape index (κ2) is 10.9. The highest BCUT2D eigenvalue weighted by Crippen LogP contribution is 2.33. The number of piperidine rings is 1. The summed E-state index contributed by atoms with van der Waals surface area (Å²) >= 11 is 0. The van der Waals surface area contributed by atoms with Crippen molar-refractivity contribution in [2.24, 2.45) is 10.9 Å². The van der Waals surface area contributed by atoms with Gasteiger partial charge in [0.25, 0.3) is 0 Å². The van der Waals surface area contributed by atoms with Crippen molar-refractivity contribution in [1.82, 2.24) is 15.6 Å². The zero-order valence-electron chi connectivity index (χ0n) is 16.2. The molecule has 26 heavy (non-hydrogen) atoms. The lowest BCUT2D eigenvalue weighted by Gasteiger charge is -2.34. The maximum absolute atomic E-state index is 4.76. The fourth-order valence-corrected chi connectivity index (χ4v) is 3.45. The van der Waals surface area contributed by atoms with Crippen molar-refractivity contribution in [3.63, 3.8) is 0 Å². The number of aryl methyl sites for hydroxylation is 1. The summed E-state index contributed by atoms with van der Waals surface area (Å²) in [5.74, 6) is 3.11. The minimum absolute atomic E-state index is 0. The summed E-state index contributed by atoms with van der Waals surface area (Å²) in [5.41, 5.74) is 1.09. The molecule has 3 rings (SSSR count). The van der Waals surface area contributed by atoms with Gasteiger partial charge < -0.3 is 15.5 Å². The number of pyridine rings is 1. The van der Waals surface area contributed by atoms with Gasteiger partial charge in [-0.25, -0.2) is 4.98 Å². The van der Waals surface area contributed by atoms with Crippen LogP contribution in [0.15, 0.2) is 23.2 Å². The van der Waals surface area contributed by atoms with Gasteiger partial charge in [-0.1, -0.05) is 18.9 Å². The van der Waals surface area contributed by atoms with Crippen LogP contribution < -0.4 is 15.5 Å². The molecule has 6 heteroatoms. The number of nitrogens with zero attached hydrogens (tertiary/aromatic N) is 3. The average Bonchev–Trinajstić information content (AvgIpc) is 3.44. The Morgan fingerprint density at radius 1 is 1.23 bits per heavy atom. The summed E-state index contributed by atoms with van der Waals surface area (Å²) in [6, 6.07) is 6.77. The van der Waals surface area contributed by atoms with E-state index in [9.17, 15) is 0 Å². The molecule has 146 valence electrons. The lowest BCUT2D eigenvalue weighted by Crippen LogP contribution is -2.49. The van der Waals surface area contributed by atoms with Crippen molar-refractivity contribution >= 4 is 35.8 Å². The van der Waals surface area contributed by atoms with Crippen LogP contribution in [0.1, 0.15) is 51.1 Å². The van der Waals surface area contributed by atoms with Crippen molar-refractivity contribution in [2.45, 2.75) is 58.4 Å². The molecule has 0 amide bonds. The first kappa shape index (κ1) is 21.3. The monoisotopic (exact) mass is 471 g/mol. The molecule has 2 N–H and O–H groups in total. The number of halogens is 1. The van der Waals surface area contributed by atoms with Crippen LogP contribution >= 0.6 is 24.0 Å². The Hall–Kier alpha value is -1.05. The van der Waals surface area contributed by atoms with E-state index in [-0.39, 0.29) is 24.0 Å². The zero-order chi connectivity index (χ0) is 17.5. The Morgan fingerprint density at radius 3 is 2.65 bits per heavy atom. The molecular weight excluding hydrogens is 437 g/mol. The highest BCUT2D eigenvalue weighted by molar-refractivity contribution is 14.0. The summed E-state index contributed by atoms with van der Waals surface area (Å²) in [7, 11) is 0. The summed E-state index contributed by atoms with van der Waals surface area (Å²) in [4.78, 5) is 11.8. The van der Waals surface area contributed by atoms with Crippen LogP contribution in [0.5, 0.6) is 0 Å². The van der Waals surface area contributed by atoms with Crippen LogP contribution in [0, 0.1) is 12.8 Å². The van der Waals surface area contributed by atoms with Crippen LogP contribution in [-0.2, 0) is 0 Å². The van der Waals surface area contributed by atoms with Crippen LogP contribution in [-0.4, -0.2) is 43.2 Å². The molecular formula is C20H34IN5. The van der Waals surface area contributed by atoms with Gasteiger partial charge in [0.05, 0.1) is 0 Å². The molecule has 1 saturated heterocycles. The number of hydrogen-bond acceptors (Lipinski definition) is 3. The van der Waals surface area contributed by atoms with Crippen LogP contribution in [0.2, 0.25) is 0 Å². The molecule has 0 atom stereocenters. The number of nitrogens with one attached hydrogen (secondary N) is 2. The number of aliphatic imine (C=N–C) groups is 1. The van der Waals surface area contributed by atoms with Crippen molar-refractivity contribution < 1.29 is 0 Å². The Kier molecular flexibility index (Phi) is 8.95. The Morgan fingerprint density at radius 2 is 2.00 bits per heavy atom. The van der Waals surface area contributed by atoms with E-state index >= 15 is 0 Å². The third kappa shape index (κ3) is 6.93. The third-order valence-electron chi connectivity index (χ3n) is 5.11. The number of rotatable bonds is 7. The van der Waals surface area contributed by atoms with E-state index in [1.807, 2.05) is 0 Å².